The van der Waals surface area contributed by atoms with Crippen molar-refractivity contribution in [2.24, 2.45) is 0 Å². The second-order valence-corrected chi connectivity index (χ2v) is 3.83. The average molecular weight is 318 g/mol. The van der Waals surface area contributed by atoms with E-state index >= 15 is 0 Å². The van der Waals surface area contributed by atoms with Crippen LogP contribution in [0.1, 0.15) is 0 Å². The Morgan fingerprint density at radius 1 is 0.933 bits per heavy atom. The summed E-state index contributed by atoms with van der Waals surface area (Å²) >= 11 is 28.2. The van der Waals surface area contributed by atoms with Crippen LogP contribution in [0, 0.1) is 0 Å². The van der Waals surface area contributed by atoms with Gasteiger partial charge in [0.15, 0.2) is 0 Å². The van der Waals surface area contributed by atoms with E-state index in [-0.39, 0.29) is 44.6 Å². The zero-order valence-corrected chi connectivity index (χ0v) is 13.1. The van der Waals surface area contributed by atoms with Crippen LogP contribution in [0.5, 0.6) is 0 Å². The van der Waals surface area contributed by atoms with Crippen molar-refractivity contribution in [1.82, 2.24) is 0 Å². The van der Waals surface area contributed by atoms with E-state index in [1.165, 1.54) is 6.07 Å². The third-order valence-corrected chi connectivity index (χ3v) is 3.20. The molecule has 1 aromatic rings. The Morgan fingerprint density at radius 3 is 1.47 bits per heavy atom. The number of rotatable bonds is 0. The van der Waals surface area contributed by atoms with Crippen LogP contribution in [-0.2, 0) is 4.79 Å². The first-order valence-electron chi connectivity index (χ1n) is 2.99. The summed E-state index contributed by atoms with van der Waals surface area (Å²) in [7, 11) is 0. The molecule has 0 spiro atoms. The maximum Gasteiger partial charge on any atom is 1.00 e. The average Bonchev–Trinajstić information content (AvgIpc) is 2.13. The molecule has 0 radical (unpaired) electrons. The first-order chi connectivity index (χ1) is 6.45. The third kappa shape index (κ3) is 5.85. The molecule has 0 N–H and O–H groups in total. The second kappa shape index (κ2) is 9.20. The van der Waals surface area contributed by atoms with E-state index in [1.807, 2.05) is 0 Å². The fourth-order valence-electron chi connectivity index (χ4n) is 0.544. The topological polar surface area (TPSA) is 40.1 Å². The van der Waals surface area contributed by atoms with Crippen LogP contribution in [0.4, 0.5) is 0 Å². The molecule has 0 aliphatic rings. The first kappa shape index (κ1) is 18.5. The van der Waals surface area contributed by atoms with Crippen molar-refractivity contribution < 1.29 is 39.5 Å². The molecule has 0 aliphatic heterocycles. The third-order valence-electron chi connectivity index (χ3n) is 1.06. The van der Waals surface area contributed by atoms with Crippen molar-refractivity contribution in [3.63, 3.8) is 0 Å². The summed E-state index contributed by atoms with van der Waals surface area (Å²) < 4.78 is 0. The maximum atomic E-state index is 8.25. The Morgan fingerprint density at radius 2 is 1.20 bits per heavy atom. The van der Waals surface area contributed by atoms with E-state index in [0.717, 1.165) is 0 Å². The monoisotopic (exact) mass is 316 g/mol. The predicted octanol–water partition coefficient (Wildman–Crippen LogP) is 0.324. The van der Waals surface area contributed by atoms with Gasteiger partial charge < -0.3 is 9.90 Å². The van der Waals surface area contributed by atoms with Gasteiger partial charge in [-0.2, -0.15) is 0 Å². The minimum atomic E-state index is -0.500. The molecule has 0 atom stereocenters. The molecule has 1 rings (SSSR count). The molecule has 0 amide bonds. The molecular formula is C7H2Cl5NaO2. The largest absolute Gasteiger partial charge is 1.00 e. The molecular weight excluding hydrogens is 316 g/mol. The normalized spacial score (nSPS) is 8.33. The molecule has 0 saturated carbocycles. The number of carbonyl (C=O) groups excluding carboxylic acids is 1. The summed E-state index contributed by atoms with van der Waals surface area (Å²) in [5, 5.41) is 9.48. The van der Waals surface area contributed by atoms with Crippen LogP contribution in [0.2, 0.25) is 25.1 Å². The number of halogens is 5. The van der Waals surface area contributed by atoms with Crippen LogP contribution >= 0.6 is 58.0 Å². The van der Waals surface area contributed by atoms with E-state index in [9.17, 15) is 0 Å². The summed E-state index contributed by atoms with van der Waals surface area (Å²) in [6.07, 6.45) is 0. The van der Waals surface area contributed by atoms with Gasteiger partial charge >= 0.3 is 29.6 Å². The summed E-state index contributed by atoms with van der Waals surface area (Å²) in [6.45, 7) is -0.500. The van der Waals surface area contributed by atoms with Crippen molar-refractivity contribution in [3.8, 4) is 0 Å². The minimum absolute atomic E-state index is 0. The summed E-state index contributed by atoms with van der Waals surface area (Å²) in [6, 6.07) is 1.44. The van der Waals surface area contributed by atoms with Crippen molar-refractivity contribution in [2.75, 3.05) is 0 Å². The predicted molar refractivity (Wildman–Crippen MR) is 57.6 cm³/mol. The Bertz CT molecular complexity index is 318. The van der Waals surface area contributed by atoms with Crippen LogP contribution in [-0.4, -0.2) is 6.47 Å². The number of carbonyl (C=O) groups is 1. The fraction of sp³-hybridized carbons (Fsp3) is 0. The van der Waals surface area contributed by atoms with E-state index in [1.54, 1.807) is 0 Å². The van der Waals surface area contributed by atoms with E-state index in [2.05, 4.69) is 0 Å². The molecule has 78 valence electrons. The van der Waals surface area contributed by atoms with Crippen LogP contribution in [0.3, 0.4) is 0 Å². The van der Waals surface area contributed by atoms with Gasteiger partial charge in [0.05, 0.1) is 25.1 Å². The number of hydrogen-bond acceptors (Lipinski definition) is 2. The van der Waals surface area contributed by atoms with Gasteiger partial charge in [0.2, 0.25) is 0 Å². The Hall–Kier alpha value is 1.14. The van der Waals surface area contributed by atoms with Crippen LogP contribution in [0.25, 0.3) is 0 Å². The Balaban J connectivity index is 0. The standard InChI is InChI=1S/C6HCl5.CH2O2.Na/c7-2-1-3(8)5(10)6(11)4(2)9;2-1-3;/h1H;1H,(H,2,3);/q;;+1/p-1. The molecule has 0 aliphatic carbocycles. The number of benzene rings is 1. The van der Waals surface area contributed by atoms with E-state index in [4.69, 9.17) is 67.9 Å². The van der Waals surface area contributed by atoms with Crippen molar-refractivity contribution in [2.45, 2.75) is 0 Å². The number of hydrogen-bond donors (Lipinski definition) is 0. The van der Waals surface area contributed by atoms with Gasteiger partial charge in [-0.05, 0) is 6.07 Å². The molecule has 15 heavy (non-hydrogen) atoms. The van der Waals surface area contributed by atoms with Gasteiger partial charge in [-0.1, -0.05) is 58.0 Å². The Kier molecular flexibility index (Phi) is 11.3. The SMILES string of the molecule is Clc1cc(Cl)c(Cl)c(Cl)c1Cl.O=C[O-].[Na+]. The molecule has 0 bridgehead atoms. The molecule has 1 aromatic carbocycles. The van der Waals surface area contributed by atoms with Gasteiger partial charge in [0.25, 0.3) is 0 Å². The summed E-state index contributed by atoms with van der Waals surface area (Å²) in [5.41, 5.74) is 0. The zero-order valence-electron chi connectivity index (χ0n) is 7.36. The molecule has 8 heteroatoms. The zero-order chi connectivity index (χ0) is 11.3. The minimum Gasteiger partial charge on any atom is -0.554 e. The first-order valence-corrected chi connectivity index (χ1v) is 4.88. The van der Waals surface area contributed by atoms with Crippen molar-refractivity contribution in [1.29, 1.82) is 0 Å². The van der Waals surface area contributed by atoms with E-state index < -0.39 is 6.47 Å². The van der Waals surface area contributed by atoms with E-state index in [0.29, 0.717) is 10.0 Å². The fourth-order valence-corrected chi connectivity index (χ4v) is 1.65. The molecule has 0 fully saturated rings. The van der Waals surface area contributed by atoms with Crippen LogP contribution < -0.4 is 34.7 Å². The molecule has 0 unspecified atom stereocenters. The van der Waals surface area contributed by atoms with Gasteiger partial charge in [0, 0.05) is 6.47 Å². The van der Waals surface area contributed by atoms with Crippen LogP contribution in [0.15, 0.2) is 6.07 Å². The molecule has 0 saturated heterocycles. The Labute approximate surface area is 134 Å². The smallest absolute Gasteiger partial charge is 0.554 e. The molecule has 0 heterocycles. The van der Waals surface area contributed by atoms with Crippen molar-refractivity contribution >= 4 is 64.5 Å². The summed E-state index contributed by atoms with van der Waals surface area (Å²) in [4.78, 5) is 8.25. The molecule has 2 nitrogen and oxygen atoms in total. The molecule has 0 aromatic heterocycles. The van der Waals surface area contributed by atoms with Gasteiger partial charge in [-0.3, -0.25) is 0 Å². The second-order valence-electron chi connectivity index (χ2n) is 1.88. The van der Waals surface area contributed by atoms with Crippen molar-refractivity contribution in [3.05, 3.63) is 31.2 Å². The number of carboxylic acid groups (broad SMARTS) is 1. The van der Waals surface area contributed by atoms with Gasteiger partial charge in [0.1, 0.15) is 0 Å². The maximum absolute atomic E-state index is 8.25. The summed E-state index contributed by atoms with van der Waals surface area (Å²) in [5.74, 6) is 0. The quantitative estimate of drug-likeness (QED) is 0.299. The van der Waals surface area contributed by atoms with Gasteiger partial charge in [-0.25, -0.2) is 0 Å². The van der Waals surface area contributed by atoms with Gasteiger partial charge in [-0.15, -0.1) is 0 Å².